The van der Waals surface area contributed by atoms with E-state index in [4.69, 9.17) is 0 Å². The van der Waals surface area contributed by atoms with Gasteiger partial charge in [-0.1, -0.05) is 18.2 Å². The van der Waals surface area contributed by atoms with Gasteiger partial charge in [0.05, 0.1) is 6.54 Å². The fraction of sp³-hybridized carbons (Fsp3) is 0.200. The molecule has 0 atom stereocenters. The fourth-order valence-electron chi connectivity index (χ4n) is 2.54. The SMILES string of the molecule is CN(C)C(=O)CNC(=O)c1cc(-c2cnc(Nc3ccccc3)nc2)cn1C. The molecule has 0 aliphatic heterocycles. The first-order valence-corrected chi connectivity index (χ1v) is 8.73. The number of rotatable bonds is 6. The Bertz CT molecular complexity index is 964. The van der Waals surface area contributed by atoms with Gasteiger partial charge in [0, 0.05) is 56.5 Å². The Morgan fingerprint density at radius 2 is 1.75 bits per heavy atom. The van der Waals surface area contributed by atoms with Gasteiger partial charge in [-0.25, -0.2) is 9.97 Å². The molecule has 0 radical (unpaired) electrons. The highest BCUT2D eigenvalue weighted by molar-refractivity contribution is 5.96. The molecule has 2 aromatic heterocycles. The summed E-state index contributed by atoms with van der Waals surface area (Å²) in [5, 5.41) is 5.76. The molecule has 3 rings (SSSR count). The van der Waals surface area contributed by atoms with E-state index in [-0.39, 0.29) is 18.4 Å². The monoisotopic (exact) mass is 378 g/mol. The predicted octanol–water partition coefficient (Wildman–Crippen LogP) is 2.04. The van der Waals surface area contributed by atoms with Gasteiger partial charge >= 0.3 is 0 Å². The van der Waals surface area contributed by atoms with E-state index in [2.05, 4.69) is 20.6 Å². The first-order valence-electron chi connectivity index (χ1n) is 8.73. The maximum atomic E-state index is 12.4. The van der Waals surface area contributed by atoms with Crippen molar-refractivity contribution in [2.45, 2.75) is 0 Å². The summed E-state index contributed by atoms with van der Waals surface area (Å²) in [5.41, 5.74) is 2.96. The van der Waals surface area contributed by atoms with Crippen LogP contribution in [0.5, 0.6) is 0 Å². The molecular formula is C20H22N6O2. The van der Waals surface area contributed by atoms with Crippen molar-refractivity contribution in [1.29, 1.82) is 0 Å². The minimum absolute atomic E-state index is 0.0463. The molecule has 3 aromatic rings. The van der Waals surface area contributed by atoms with Crippen molar-refractivity contribution in [3.63, 3.8) is 0 Å². The smallest absolute Gasteiger partial charge is 0.268 e. The summed E-state index contributed by atoms with van der Waals surface area (Å²) in [4.78, 5) is 34.1. The minimum atomic E-state index is -0.313. The van der Waals surface area contributed by atoms with E-state index in [1.165, 1.54) is 4.90 Å². The first-order chi connectivity index (χ1) is 13.4. The van der Waals surface area contributed by atoms with Gasteiger partial charge in [-0.15, -0.1) is 0 Å². The van der Waals surface area contributed by atoms with Gasteiger partial charge in [-0.05, 0) is 18.2 Å². The average molecular weight is 378 g/mol. The van der Waals surface area contributed by atoms with E-state index in [9.17, 15) is 9.59 Å². The first kappa shape index (κ1) is 19.1. The highest BCUT2D eigenvalue weighted by atomic mass is 16.2. The normalized spacial score (nSPS) is 10.4. The van der Waals surface area contributed by atoms with Crippen LogP contribution in [0.2, 0.25) is 0 Å². The number of aryl methyl sites for hydroxylation is 1. The van der Waals surface area contributed by atoms with Crippen LogP contribution in [0, 0.1) is 0 Å². The van der Waals surface area contributed by atoms with Crippen molar-refractivity contribution < 1.29 is 9.59 Å². The zero-order valence-electron chi connectivity index (χ0n) is 16.0. The maximum absolute atomic E-state index is 12.4. The van der Waals surface area contributed by atoms with Crippen LogP contribution in [0.1, 0.15) is 10.5 Å². The Balaban J connectivity index is 1.70. The lowest BCUT2D eigenvalue weighted by molar-refractivity contribution is -0.127. The Hall–Kier alpha value is -3.68. The summed E-state index contributed by atoms with van der Waals surface area (Å²) >= 11 is 0. The van der Waals surface area contributed by atoms with E-state index in [0.717, 1.165) is 16.8 Å². The standard InChI is InChI=1S/C20H22N6O2/c1-25(2)18(27)12-21-19(28)17-9-14(13-26(17)3)15-10-22-20(23-11-15)24-16-7-5-4-6-8-16/h4-11,13H,12H2,1-3H3,(H,21,28)(H,22,23,24). The number of carbonyl (C=O) groups is 2. The van der Waals surface area contributed by atoms with E-state index in [1.54, 1.807) is 44.2 Å². The summed E-state index contributed by atoms with van der Waals surface area (Å²) in [6, 6.07) is 11.4. The number of nitrogens with one attached hydrogen (secondary N) is 2. The topological polar surface area (TPSA) is 92.2 Å². The number of hydrogen-bond acceptors (Lipinski definition) is 5. The van der Waals surface area contributed by atoms with Crippen LogP contribution in [0.25, 0.3) is 11.1 Å². The predicted molar refractivity (Wildman–Crippen MR) is 107 cm³/mol. The number of aromatic nitrogens is 3. The van der Waals surface area contributed by atoms with Crippen molar-refractivity contribution in [3.8, 4) is 11.1 Å². The quantitative estimate of drug-likeness (QED) is 0.685. The summed E-state index contributed by atoms with van der Waals surface area (Å²) in [6.45, 7) is -0.0463. The minimum Gasteiger partial charge on any atom is -0.347 e. The lowest BCUT2D eigenvalue weighted by Crippen LogP contribution is -2.36. The number of likely N-dealkylation sites (N-methyl/N-ethyl adjacent to an activating group) is 1. The zero-order chi connectivity index (χ0) is 20.1. The number of nitrogens with zero attached hydrogens (tertiary/aromatic N) is 4. The van der Waals surface area contributed by atoms with Crippen LogP contribution in [-0.2, 0) is 11.8 Å². The van der Waals surface area contributed by atoms with E-state index < -0.39 is 0 Å². The Kier molecular flexibility index (Phi) is 5.69. The molecule has 2 N–H and O–H groups in total. The third-order valence-corrected chi connectivity index (χ3v) is 4.15. The molecule has 0 fully saturated rings. The van der Waals surface area contributed by atoms with E-state index in [0.29, 0.717) is 11.6 Å². The molecule has 8 heteroatoms. The summed E-state index contributed by atoms with van der Waals surface area (Å²) < 4.78 is 1.71. The molecule has 0 bridgehead atoms. The van der Waals surface area contributed by atoms with Crippen LogP contribution in [0.3, 0.4) is 0 Å². The van der Waals surface area contributed by atoms with Crippen molar-refractivity contribution >= 4 is 23.5 Å². The van der Waals surface area contributed by atoms with E-state index >= 15 is 0 Å². The second-order valence-corrected chi connectivity index (χ2v) is 6.48. The van der Waals surface area contributed by atoms with Crippen molar-refractivity contribution in [3.05, 3.63) is 60.7 Å². The highest BCUT2D eigenvalue weighted by Crippen LogP contribution is 2.21. The van der Waals surface area contributed by atoms with Gasteiger partial charge in [0.15, 0.2) is 0 Å². The lowest BCUT2D eigenvalue weighted by atomic mass is 10.2. The van der Waals surface area contributed by atoms with E-state index in [1.807, 2.05) is 36.5 Å². The lowest BCUT2D eigenvalue weighted by Gasteiger charge is -2.11. The molecule has 0 aliphatic carbocycles. The Morgan fingerprint density at radius 1 is 1.07 bits per heavy atom. The highest BCUT2D eigenvalue weighted by Gasteiger charge is 2.15. The van der Waals surface area contributed by atoms with Crippen molar-refractivity contribution in [1.82, 2.24) is 24.8 Å². The van der Waals surface area contributed by atoms with Crippen LogP contribution in [0.15, 0.2) is 55.0 Å². The molecular weight excluding hydrogens is 356 g/mol. The third-order valence-electron chi connectivity index (χ3n) is 4.15. The van der Waals surface area contributed by atoms with Gasteiger partial charge in [0.25, 0.3) is 5.91 Å². The van der Waals surface area contributed by atoms with Crippen LogP contribution in [-0.4, -0.2) is 51.9 Å². The number of benzene rings is 1. The largest absolute Gasteiger partial charge is 0.347 e. The van der Waals surface area contributed by atoms with Gasteiger partial charge < -0.3 is 20.1 Å². The summed E-state index contributed by atoms with van der Waals surface area (Å²) in [7, 11) is 5.06. The van der Waals surface area contributed by atoms with Gasteiger partial charge in [-0.3, -0.25) is 9.59 Å². The molecule has 2 heterocycles. The molecule has 0 spiro atoms. The maximum Gasteiger partial charge on any atom is 0.268 e. The second kappa shape index (κ2) is 8.34. The van der Waals surface area contributed by atoms with Gasteiger partial charge in [0.1, 0.15) is 5.69 Å². The van der Waals surface area contributed by atoms with Crippen LogP contribution >= 0.6 is 0 Å². The summed E-state index contributed by atoms with van der Waals surface area (Å²) in [5.74, 6) is 0.0102. The molecule has 0 unspecified atom stereocenters. The molecule has 0 aliphatic rings. The Morgan fingerprint density at radius 3 is 2.39 bits per heavy atom. The summed E-state index contributed by atoms with van der Waals surface area (Å²) in [6.07, 6.45) is 5.22. The molecule has 1 aromatic carbocycles. The van der Waals surface area contributed by atoms with Crippen LogP contribution < -0.4 is 10.6 Å². The van der Waals surface area contributed by atoms with Crippen molar-refractivity contribution in [2.75, 3.05) is 26.0 Å². The molecule has 28 heavy (non-hydrogen) atoms. The van der Waals surface area contributed by atoms with Gasteiger partial charge in [0.2, 0.25) is 11.9 Å². The molecule has 2 amide bonds. The number of hydrogen-bond donors (Lipinski definition) is 2. The zero-order valence-corrected chi connectivity index (χ0v) is 16.0. The number of amides is 2. The number of anilines is 2. The number of para-hydroxylation sites is 1. The fourth-order valence-corrected chi connectivity index (χ4v) is 2.54. The molecule has 144 valence electrons. The molecule has 8 nitrogen and oxygen atoms in total. The van der Waals surface area contributed by atoms with Gasteiger partial charge in [-0.2, -0.15) is 0 Å². The third kappa shape index (κ3) is 4.53. The Labute approximate surface area is 163 Å². The molecule has 0 saturated heterocycles. The van der Waals surface area contributed by atoms with Crippen molar-refractivity contribution in [2.24, 2.45) is 7.05 Å². The van der Waals surface area contributed by atoms with Crippen LogP contribution in [0.4, 0.5) is 11.6 Å². The molecule has 0 saturated carbocycles. The number of carbonyl (C=O) groups excluding carboxylic acids is 2. The second-order valence-electron chi connectivity index (χ2n) is 6.48. The average Bonchev–Trinajstić information content (AvgIpc) is 3.09.